The molecular weight excluding hydrogens is 401 g/mol. The molecule has 1 aliphatic heterocycles. The summed E-state index contributed by atoms with van der Waals surface area (Å²) in [5.41, 5.74) is 0.685. The van der Waals surface area contributed by atoms with E-state index in [-0.39, 0.29) is 6.04 Å². The van der Waals surface area contributed by atoms with Crippen molar-refractivity contribution >= 4 is 11.9 Å². The minimum absolute atomic E-state index is 0.332. The normalized spacial score (nSPS) is 16.0. The summed E-state index contributed by atoms with van der Waals surface area (Å²) < 4.78 is 40.6. The fourth-order valence-electron chi connectivity index (χ4n) is 3.34. The van der Waals surface area contributed by atoms with Crippen molar-refractivity contribution in [3.05, 3.63) is 71.3 Å². The first-order valence-electron chi connectivity index (χ1n) is 9.34. The van der Waals surface area contributed by atoms with Crippen LogP contribution in [0, 0.1) is 0 Å². The number of benzene rings is 2. The van der Waals surface area contributed by atoms with Gasteiger partial charge in [0.25, 0.3) is 0 Å². The van der Waals surface area contributed by atoms with Gasteiger partial charge in [0, 0.05) is 19.6 Å². The van der Waals surface area contributed by atoms with Crippen molar-refractivity contribution in [2.24, 2.45) is 0 Å². The van der Waals surface area contributed by atoms with E-state index >= 15 is 0 Å². The number of carboxylic acid groups (broad SMARTS) is 2. The van der Waals surface area contributed by atoms with Crippen LogP contribution in [-0.4, -0.2) is 53.2 Å². The Morgan fingerprint density at radius 2 is 1.50 bits per heavy atom. The van der Waals surface area contributed by atoms with E-state index in [2.05, 4.69) is 10.2 Å². The number of aliphatic carboxylic acids is 2. The quantitative estimate of drug-likeness (QED) is 0.656. The van der Waals surface area contributed by atoms with Crippen molar-refractivity contribution in [1.29, 1.82) is 0 Å². The van der Waals surface area contributed by atoms with Gasteiger partial charge in [-0.3, -0.25) is 4.90 Å². The second-order valence-electron chi connectivity index (χ2n) is 6.65. The maximum Gasteiger partial charge on any atom is 0.416 e. The molecule has 0 amide bonds. The zero-order valence-electron chi connectivity index (χ0n) is 16.1. The van der Waals surface area contributed by atoms with Gasteiger partial charge < -0.3 is 15.5 Å². The van der Waals surface area contributed by atoms with E-state index in [1.165, 1.54) is 12.1 Å². The molecule has 1 unspecified atom stereocenters. The zero-order chi connectivity index (χ0) is 22.1. The Kier molecular flexibility index (Phi) is 8.37. The van der Waals surface area contributed by atoms with Crippen LogP contribution in [-0.2, 0) is 15.8 Å². The lowest BCUT2D eigenvalue weighted by Gasteiger charge is -2.33. The molecule has 6 nitrogen and oxygen atoms in total. The molecule has 9 heteroatoms. The molecule has 0 bridgehead atoms. The van der Waals surface area contributed by atoms with Crippen molar-refractivity contribution < 1.29 is 33.0 Å². The van der Waals surface area contributed by atoms with Gasteiger partial charge in [0.1, 0.15) is 0 Å². The number of rotatable bonds is 3. The molecular formula is C21H23F3N2O4. The van der Waals surface area contributed by atoms with Crippen molar-refractivity contribution in [2.45, 2.75) is 18.6 Å². The molecule has 0 aromatic heterocycles. The number of alkyl halides is 3. The predicted molar refractivity (Wildman–Crippen MR) is 104 cm³/mol. The first kappa shape index (κ1) is 23.4. The molecule has 2 aromatic carbocycles. The molecule has 0 saturated carbocycles. The Balaban J connectivity index is 0.000000469. The first-order valence-corrected chi connectivity index (χ1v) is 9.34. The third kappa shape index (κ3) is 6.57. The highest BCUT2D eigenvalue weighted by atomic mass is 19.4. The predicted octanol–water partition coefficient (Wildman–Crippen LogP) is 3.25. The monoisotopic (exact) mass is 424 g/mol. The second kappa shape index (κ2) is 10.7. The molecule has 0 radical (unpaired) electrons. The van der Waals surface area contributed by atoms with Crippen LogP contribution in [0.2, 0.25) is 0 Å². The molecule has 162 valence electrons. The molecule has 3 rings (SSSR count). The molecule has 30 heavy (non-hydrogen) atoms. The van der Waals surface area contributed by atoms with Gasteiger partial charge in [-0.15, -0.1) is 0 Å². The highest BCUT2D eigenvalue weighted by Gasteiger charge is 2.36. The van der Waals surface area contributed by atoms with Crippen LogP contribution in [0.4, 0.5) is 13.2 Å². The largest absolute Gasteiger partial charge is 0.473 e. The van der Waals surface area contributed by atoms with Gasteiger partial charge >= 0.3 is 18.1 Å². The maximum absolute atomic E-state index is 13.5. The van der Waals surface area contributed by atoms with Crippen molar-refractivity contribution in [3.63, 3.8) is 0 Å². The van der Waals surface area contributed by atoms with E-state index in [1.807, 2.05) is 30.3 Å². The molecule has 1 fully saturated rings. The Labute approximate surface area is 171 Å². The number of nitrogens with one attached hydrogen (secondary N) is 1. The average molecular weight is 424 g/mol. The van der Waals surface area contributed by atoms with Crippen LogP contribution in [0.3, 0.4) is 0 Å². The van der Waals surface area contributed by atoms with Crippen LogP contribution >= 0.6 is 0 Å². The van der Waals surface area contributed by atoms with E-state index in [9.17, 15) is 13.2 Å². The van der Waals surface area contributed by atoms with E-state index in [0.29, 0.717) is 5.56 Å². The lowest BCUT2D eigenvalue weighted by atomic mass is 9.92. The molecule has 0 spiro atoms. The van der Waals surface area contributed by atoms with Crippen molar-refractivity contribution in [1.82, 2.24) is 10.2 Å². The summed E-state index contributed by atoms with van der Waals surface area (Å²) in [7, 11) is 0. The summed E-state index contributed by atoms with van der Waals surface area (Å²) >= 11 is 0. The SMILES string of the molecule is FC(F)(F)c1ccccc1C(c1ccccc1)N1CCCNCC1.O=C(O)C(=O)O. The number of hydrogen-bond acceptors (Lipinski definition) is 4. The molecule has 1 atom stereocenters. The van der Waals surface area contributed by atoms with Crippen LogP contribution in [0.1, 0.15) is 29.2 Å². The Morgan fingerprint density at radius 3 is 2.10 bits per heavy atom. The van der Waals surface area contributed by atoms with Crippen LogP contribution in [0.5, 0.6) is 0 Å². The van der Waals surface area contributed by atoms with Gasteiger partial charge in [-0.05, 0) is 30.2 Å². The summed E-state index contributed by atoms with van der Waals surface area (Å²) in [6.45, 7) is 3.20. The van der Waals surface area contributed by atoms with Crippen molar-refractivity contribution in [3.8, 4) is 0 Å². The Hall–Kier alpha value is -2.91. The molecule has 1 saturated heterocycles. The Morgan fingerprint density at radius 1 is 0.900 bits per heavy atom. The van der Waals surface area contributed by atoms with Crippen molar-refractivity contribution in [2.75, 3.05) is 26.2 Å². The molecule has 0 aliphatic carbocycles. The van der Waals surface area contributed by atoms with E-state index in [4.69, 9.17) is 19.8 Å². The number of hydrogen-bond donors (Lipinski definition) is 3. The van der Waals surface area contributed by atoms with Crippen LogP contribution < -0.4 is 5.32 Å². The summed E-state index contributed by atoms with van der Waals surface area (Å²) in [6.07, 6.45) is -3.43. The van der Waals surface area contributed by atoms with E-state index in [0.717, 1.165) is 38.2 Å². The van der Waals surface area contributed by atoms with Gasteiger partial charge in [-0.2, -0.15) is 13.2 Å². The lowest BCUT2D eigenvalue weighted by Crippen LogP contribution is -2.34. The highest BCUT2D eigenvalue weighted by Crippen LogP contribution is 2.39. The first-order chi connectivity index (χ1) is 14.2. The average Bonchev–Trinajstić information content (AvgIpc) is 2.98. The summed E-state index contributed by atoms with van der Waals surface area (Å²) in [4.78, 5) is 20.4. The lowest BCUT2D eigenvalue weighted by molar-refractivity contribution is -0.159. The summed E-state index contributed by atoms with van der Waals surface area (Å²) in [6, 6.07) is 15.0. The maximum atomic E-state index is 13.5. The van der Waals surface area contributed by atoms with Gasteiger partial charge in [0.2, 0.25) is 0 Å². The smallest absolute Gasteiger partial charge is 0.416 e. The highest BCUT2D eigenvalue weighted by molar-refractivity contribution is 6.27. The van der Waals surface area contributed by atoms with Gasteiger partial charge in [-0.25, -0.2) is 9.59 Å². The summed E-state index contributed by atoms with van der Waals surface area (Å²) in [5, 5.41) is 18.1. The molecule has 1 aliphatic rings. The standard InChI is InChI=1S/C19H21F3N2.C2H2O4/c20-19(21,22)17-10-5-4-9-16(17)18(15-7-2-1-3-8-15)24-13-6-11-23-12-14-24;3-1(4)2(5)6/h1-5,7-10,18,23H,6,11-14H2;(H,3,4)(H,5,6). The third-order valence-electron chi connectivity index (χ3n) is 4.60. The van der Waals surface area contributed by atoms with Crippen LogP contribution in [0.25, 0.3) is 0 Å². The van der Waals surface area contributed by atoms with E-state index < -0.39 is 23.7 Å². The van der Waals surface area contributed by atoms with Crippen LogP contribution in [0.15, 0.2) is 54.6 Å². The Bertz CT molecular complexity index is 824. The third-order valence-corrected chi connectivity index (χ3v) is 4.60. The second-order valence-corrected chi connectivity index (χ2v) is 6.65. The number of nitrogens with zero attached hydrogens (tertiary/aromatic N) is 1. The fourth-order valence-corrected chi connectivity index (χ4v) is 3.34. The molecule has 1 heterocycles. The number of carbonyl (C=O) groups is 2. The van der Waals surface area contributed by atoms with Gasteiger partial charge in [0.15, 0.2) is 0 Å². The van der Waals surface area contributed by atoms with Gasteiger partial charge in [0.05, 0.1) is 11.6 Å². The topological polar surface area (TPSA) is 89.9 Å². The van der Waals surface area contributed by atoms with E-state index in [1.54, 1.807) is 12.1 Å². The number of halogens is 3. The van der Waals surface area contributed by atoms with Gasteiger partial charge in [-0.1, -0.05) is 48.5 Å². The molecule has 2 aromatic rings. The minimum atomic E-state index is -4.35. The zero-order valence-corrected chi connectivity index (χ0v) is 16.1. The minimum Gasteiger partial charge on any atom is -0.473 e. The fraction of sp³-hybridized carbons (Fsp3) is 0.333. The number of carboxylic acids is 2. The summed E-state index contributed by atoms with van der Waals surface area (Å²) in [5.74, 6) is -3.65. The molecule has 3 N–H and O–H groups in total.